The number of ether oxygens (including phenoxy) is 1. The highest BCUT2D eigenvalue weighted by molar-refractivity contribution is 8.00. The number of amides is 1. The van der Waals surface area contributed by atoms with E-state index in [-0.39, 0.29) is 12.5 Å². The summed E-state index contributed by atoms with van der Waals surface area (Å²) >= 11 is 1.39. The van der Waals surface area contributed by atoms with E-state index in [2.05, 4.69) is 4.98 Å². The molecular formula is C22H23N3O3S. The molecule has 150 valence electrons. The zero-order valence-electron chi connectivity index (χ0n) is 16.3. The molecule has 29 heavy (non-hydrogen) atoms. The van der Waals surface area contributed by atoms with Crippen molar-refractivity contribution in [2.24, 2.45) is 0 Å². The highest BCUT2D eigenvalue weighted by Gasteiger charge is 2.20. The van der Waals surface area contributed by atoms with Crippen LogP contribution < -0.4 is 0 Å². The van der Waals surface area contributed by atoms with E-state index in [9.17, 15) is 9.59 Å². The molecular weight excluding hydrogens is 386 g/mol. The number of carbonyl (C=O) groups excluding carboxylic acids is 2. The molecule has 1 saturated heterocycles. The fourth-order valence-corrected chi connectivity index (χ4v) is 4.39. The molecule has 1 fully saturated rings. The van der Waals surface area contributed by atoms with Crippen LogP contribution in [0, 0.1) is 6.92 Å². The number of benzene rings is 1. The molecule has 3 heterocycles. The van der Waals surface area contributed by atoms with Crippen LogP contribution >= 0.6 is 11.8 Å². The zero-order valence-corrected chi connectivity index (χ0v) is 17.2. The quantitative estimate of drug-likeness (QED) is 0.459. The minimum atomic E-state index is -0.407. The normalized spacial score (nSPS) is 13.8. The van der Waals surface area contributed by atoms with Crippen LogP contribution in [0.25, 0.3) is 5.65 Å². The van der Waals surface area contributed by atoms with E-state index in [0.29, 0.717) is 17.0 Å². The zero-order chi connectivity index (χ0) is 20.2. The molecule has 6 nitrogen and oxygen atoms in total. The molecule has 7 heteroatoms. The minimum Gasteiger partial charge on any atom is -0.455 e. The van der Waals surface area contributed by atoms with Gasteiger partial charge in [-0.15, -0.1) is 11.8 Å². The summed E-state index contributed by atoms with van der Waals surface area (Å²) in [6, 6.07) is 11.2. The third kappa shape index (κ3) is 4.45. The lowest BCUT2D eigenvalue weighted by Gasteiger charge is -2.15. The summed E-state index contributed by atoms with van der Waals surface area (Å²) < 4.78 is 7.43. The number of hydrogen-bond acceptors (Lipinski definition) is 5. The number of imidazole rings is 1. The molecule has 0 bridgehead atoms. The van der Waals surface area contributed by atoms with E-state index in [0.717, 1.165) is 42.0 Å². The average molecular weight is 410 g/mol. The van der Waals surface area contributed by atoms with Gasteiger partial charge in [0.15, 0.2) is 0 Å². The second-order valence-corrected chi connectivity index (χ2v) is 8.12. The van der Waals surface area contributed by atoms with Crippen LogP contribution in [0.4, 0.5) is 0 Å². The lowest BCUT2D eigenvalue weighted by molar-refractivity contribution is -0.127. The molecule has 1 amide bonds. The van der Waals surface area contributed by atoms with Gasteiger partial charge in [0.05, 0.1) is 17.0 Å². The van der Waals surface area contributed by atoms with E-state index in [4.69, 9.17) is 4.74 Å². The summed E-state index contributed by atoms with van der Waals surface area (Å²) in [6.45, 7) is 3.77. The topological polar surface area (TPSA) is 63.9 Å². The summed E-state index contributed by atoms with van der Waals surface area (Å²) in [6.07, 6.45) is 5.93. The van der Waals surface area contributed by atoms with Crippen LogP contribution in [-0.4, -0.2) is 45.0 Å². The number of hydrogen-bond donors (Lipinski definition) is 0. The SMILES string of the molecule is Cc1cccn2cc(COC(=O)c3ccccc3SCC(=O)N3CCCC3)nc12. The van der Waals surface area contributed by atoms with Gasteiger partial charge in [-0.3, -0.25) is 4.79 Å². The highest BCUT2D eigenvalue weighted by Crippen LogP contribution is 2.25. The third-order valence-corrected chi connectivity index (χ3v) is 6.05. The Morgan fingerprint density at radius 1 is 1.14 bits per heavy atom. The Balaban J connectivity index is 1.40. The van der Waals surface area contributed by atoms with Crippen LogP contribution in [0.3, 0.4) is 0 Å². The summed E-state index contributed by atoms with van der Waals surface area (Å²) in [4.78, 5) is 32.1. The van der Waals surface area contributed by atoms with Crippen molar-refractivity contribution in [2.45, 2.75) is 31.3 Å². The van der Waals surface area contributed by atoms with Crippen molar-refractivity contribution >= 4 is 29.3 Å². The Labute approximate surface area is 173 Å². The van der Waals surface area contributed by atoms with Gasteiger partial charge in [-0.1, -0.05) is 18.2 Å². The van der Waals surface area contributed by atoms with Crippen LogP contribution in [0.2, 0.25) is 0 Å². The van der Waals surface area contributed by atoms with Crippen LogP contribution in [-0.2, 0) is 16.1 Å². The minimum absolute atomic E-state index is 0.103. The van der Waals surface area contributed by atoms with E-state index >= 15 is 0 Å². The molecule has 1 aliphatic heterocycles. The molecule has 0 radical (unpaired) electrons. The van der Waals surface area contributed by atoms with Crippen LogP contribution in [0.5, 0.6) is 0 Å². The van der Waals surface area contributed by atoms with E-state index < -0.39 is 5.97 Å². The maximum absolute atomic E-state index is 12.7. The van der Waals surface area contributed by atoms with Crippen molar-refractivity contribution < 1.29 is 14.3 Å². The predicted molar refractivity (Wildman–Crippen MR) is 112 cm³/mol. The Bertz CT molecular complexity index is 1040. The summed E-state index contributed by atoms with van der Waals surface area (Å²) in [7, 11) is 0. The van der Waals surface area contributed by atoms with E-state index in [1.807, 2.05) is 52.9 Å². The molecule has 4 rings (SSSR count). The second-order valence-electron chi connectivity index (χ2n) is 7.10. The van der Waals surface area contributed by atoms with Gasteiger partial charge in [-0.05, 0) is 43.5 Å². The number of thioether (sulfide) groups is 1. The molecule has 3 aromatic rings. The molecule has 0 N–H and O–H groups in total. The monoisotopic (exact) mass is 409 g/mol. The van der Waals surface area contributed by atoms with Crippen molar-refractivity contribution in [3.05, 3.63) is 65.6 Å². The van der Waals surface area contributed by atoms with Gasteiger partial charge in [0, 0.05) is 30.4 Å². The standard InChI is InChI=1S/C22H23N3O3S/c1-16-7-6-12-25-13-17(23-21(16)25)14-28-22(27)18-8-2-3-9-19(18)29-15-20(26)24-10-4-5-11-24/h2-3,6-9,12-13H,4-5,10-11,14-15H2,1H3. The number of fused-ring (bicyclic) bond motifs is 1. The van der Waals surface area contributed by atoms with Crippen LogP contribution in [0.15, 0.2) is 53.7 Å². The lowest BCUT2D eigenvalue weighted by Crippen LogP contribution is -2.29. The van der Waals surface area contributed by atoms with Crippen molar-refractivity contribution in [1.82, 2.24) is 14.3 Å². The Morgan fingerprint density at radius 2 is 1.93 bits per heavy atom. The fraction of sp³-hybridized carbons (Fsp3) is 0.318. The molecule has 0 aliphatic carbocycles. The molecule has 2 aromatic heterocycles. The smallest absolute Gasteiger partial charge is 0.339 e. The van der Waals surface area contributed by atoms with Gasteiger partial charge in [-0.25, -0.2) is 9.78 Å². The third-order valence-electron chi connectivity index (χ3n) is 5.00. The van der Waals surface area contributed by atoms with Crippen molar-refractivity contribution in [3.63, 3.8) is 0 Å². The lowest BCUT2D eigenvalue weighted by atomic mass is 10.2. The van der Waals surface area contributed by atoms with Gasteiger partial charge in [-0.2, -0.15) is 0 Å². The fourth-order valence-electron chi connectivity index (χ4n) is 3.45. The second kappa shape index (κ2) is 8.69. The maximum Gasteiger partial charge on any atom is 0.339 e. The molecule has 1 aromatic carbocycles. The first-order chi connectivity index (χ1) is 14.1. The van der Waals surface area contributed by atoms with Gasteiger partial charge in [0.1, 0.15) is 12.3 Å². The summed E-state index contributed by atoms with van der Waals surface area (Å²) in [5.41, 5.74) is 3.10. The number of aryl methyl sites for hydroxylation is 1. The molecule has 0 unspecified atom stereocenters. The maximum atomic E-state index is 12.7. The van der Waals surface area contributed by atoms with Gasteiger partial charge >= 0.3 is 5.97 Å². The first kappa shape index (κ1) is 19.5. The molecule has 0 saturated carbocycles. The largest absolute Gasteiger partial charge is 0.455 e. The highest BCUT2D eigenvalue weighted by atomic mass is 32.2. The Hall–Kier alpha value is -2.80. The molecule has 1 aliphatic rings. The first-order valence-electron chi connectivity index (χ1n) is 9.72. The first-order valence-corrected chi connectivity index (χ1v) is 10.7. The number of carbonyl (C=O) groups is 2. The Kier molecular flexibility index (Phi) is 5.85. The molecule has 0 atom stereocenters. The van der Waals surface area contributed by atoms with Crippen molar-refractivity contribution in [3.8, 4) is 0 Å². The van der Waals surface area contributed by atoms with E-state index in [1.54, 1.807) is 12.1 Å². The van der Waals surface area contributed by atoms with Gasteiger partial charge in [0.2, 0.25) is 5.91 Å². The van der Waals surface area contributed by atoms with Crippen molar-refractivity contribution in [1.29, 1.82) is 0 Å². The van der Waals surface area contributed by atoms with Crippen molar-refractivity contribution in [2.75, 3.05) is 18.8 Å². The van der Waals surface area contributed by atoms with Gasteiger partial charge in [0.25, 0.3) is 0 Å². The summed E-state index contributed by atoms with van der Waals surface area (Å²) in [5, 5.41) is 0. The predicted octanol–water partition coefficient (Wildman–Crippen LogP) is 3.71. The number of aromatic nitrogens is 2. The number of esters is 1. The molecule has 0 spiro atoms. The van der Waals surface area contributed by atoms with Gasteiger partial charge < -0.3 is 14.0 Å². The van der Waals surface area contributed by atoms with E-state index in [1.165, 1.54) is 11.8 Å². The summed E-state index contributed by atoms with van der Waals surface area (Å²) in [5.74, 6) is 0.0435. The Morgan fingerprint density at radius 3 is 2.72 bits per heavy atom. The number of likely N-dealkylation sites (tertiary alicyclic amines) is 1. The average Bonchev–Trinajstić information content (AvgIpc) is 3.41. The number of nitrogens with zero attached hydrogens (tertiary/aromatic N) is 3. The number of pyridine rings is 1. The van der Waals surface area contributed by atoms with Crippen LogP contribution in [0.1, 0.15) is 34.5 Å². The number of rotatable bonds is 6.